The monoisotopic (exact) mass is 311 g/mol. The van der Waals surface area contributed by atoms with Crippen LogP contribution in [-0.2, 0) is 12.8 Å². The summed E-state index contributed by atoms with van der Waals surface area (Å²) in [7, 11) is 1.72. The largest absolute Gasteiger partial charge is 0.497 e. The van der Waals surface area contributed by atoms with Crippen molar-refractivity contribution in [2.45, 2.75) is 32.7 Å². The molecule has 2 aromatic carbocycles. The summed E-state index contributed by atoms with van der Waals surface area (Å²) in [5.74, 6) is 1.89. The lowest BCUT2D eigenvalue weighted by molar-refractivity contribution is 0.339. The molecule has 122 valence electrons. The summed E-state index contributed by atoms with van der Waals surface area (Å²) in [6.45, 7) is 5.91. The molecule has 1 N–H and O–H groups in total. The predicted molar refractivity (Wildman–Crippen MR) is 93.5 cm³/mol. The van der Waals surface area contributed by atoms with Crippen molar-refractivity contribution in [2.24, 2.45) is 0 Å². The molecule has 0 amide bonds. The lowest BCUT2D eigenvalue weighted by atomic mass is 9.87. The highest BCUT2D eigenvalue weighted by Gasteiger charge is 2.23. The lowest BCUT2D eigenvalue weighted by Gasteiger charge is -2.29. The predicted octanol–water partition coefficient (Wildman–Crippen LogP) is 3.89. The van der Waals surface area contributed by atoms with E-state index in [4.69, 9.17) is 9.47 Å². The van der Waals surface area contributed by atoms with E-state index in [2.05, 4.69) is 48.6 Å². The molecule has 1 atom stereocenters. The van der Waals surface area contributed by atoms with Crippen molar-refractivity contribution < 1.29 is 9.47 Å². The van der Waals surface area contributed by atoms with Gasteiger partial charge in [-0.1, -0.05) is 19.1 Å². The van der Waals surface area contributed by atoms with Gasteiger partial charge in [0.05, 0.1) is 19.8 Å². The zero-order valence-electron chi connectivity index (χ0n) is 14.2. The molecule has 23 heavy (non-hydrogen) atoms. The number of ether oxygens (including phenoxy) is 2. The molecule has 2 aromatic rings. The number of methoxy groups -OCH3 is 1. The first-order valence-corrected chi connectivity index (χ1v) is 8.42. The summed E-state index contributed by atoms with van der Waals surface area (Å²) < 4.78 is 11.0. The molecular weight excluding hydrogens is 286 g/mol. The SMILES string of the molecule is CCOc1ccc(C2NCCc3cc(OC)ccc32)c(CC)c1. The van der Waals surface area contributed by atoms with Gasteiger partial charge in [0, 0.05) is 6.54 Å². The van der Waals surface area contributed by atoms with Crippen molar-refractivity contribution in [3.63, 3.8) is 0 Å². The van der Waals surface area contributed by atoms with Gasteiger partial charge in [-0.3, -0.25) is 0 Å². The average Bonchev–Trinajstić information content (AvgIpc) is 2.61. The molecule has 0 spiro atoms. The molecule has 0 aromatic heterocycles. The van der Waals surface area contributed by atoms with Crippen LogP contribution in [0.5, 0.6) is 11.5 Å². The van der Waals surface area contributed by atoms with Gasteiger partial charge in [0.15, 0.2) is 0 Å². The van der Waals surface area contributed by atoms with E-state index in [-0.39, 0.29) is 6.04 Å². The summed E-state index contributed by atoms with van der Waals surface area (Å²) in [5, 5.41) is 3.67. The normalized spacial score (nSPS) is 16.7. The van der Waals surface area contributed by atoms with Gasteiger partial charge in [-0.05, 0) is 66.3 Å². The Hall–Kier alpha value is -2.00. The van der Waals surface area contributed by atoms with Gasteiger partial charge in [0.1, 0.15) is 11.5 Å². The molecule has 3 heteroatoms. The first-order chi connectivity index (χ1) is 11.3. The second kappa shape index (κ2) is 7.05. The first-order valence-electron chi connectivity index (χ1n) is 8.42. The van der Waals surface area contributed by atoms with Crippen LogP contribution < -0.4 is 14.8 Å². The summed E-state index contributed by atoms with van der Waals surface area (Å²) in [5.41, 5.74) is 5.43. The zero-order chi connectivity index (χ0) is 16.2. The minimum Gasteiger partial charge on any atom is -0.497 e. The number of hydrogen-bond acceptors (Lipinski definition) is 3. The molecular formula is C20H25NO2. The van der Waals surface area contributed by atoms with Gasteiger partial charge < -0.3 is 14.8 Å². The van der Waals surface area contributed by atoms with E-state index in [1.54, 1.807) is 7.11 Å². The Morgan fingerprint density at radius 3 is 2.57 bits per heavy atom. The van der Waals surface area contributed by atoms with E-state index in [9.17, 15) is 0 Å². The van der Waals surface area contributed by atoms with Crippen molar-refractivity contribution >= 4 is 0 Å². The third-order valence-corrected chi connectivity index (χ3v) is 4.52. The molecule has 3 nitrogen and oxygen atoms in total. The van der Waals surface area contributed by atoms with Gasteiger partial charge in [0.25, 0.3) is 0 Å². The highest BCUT2D eigenvalue weighted by Crippen LogP contribution is 2.34. The van der Waals surface area contributed by atoms with Crippen LogP contribution in [0.15, 0.2) is 36.4 Å². The molecule has 1 aliphatic rings. The second-order valence-electron chi connectivity index (χ2n) is 5.85. The van der Waals surface area contributed by atoms with E-state index >= 15 is 0 Å². The highest BCUT2D eigenvalue weighted by atomic mass is 16.5. The maximum atomic E-state index is 5.65. The highest BCUT2D eigenvalue weighted by molar-refractivity contribution is 5.47. The molecule has 3 rings (SSSR count). The quantitative estimate of drug-likeness (QED) is 0.908. The number of aryl methyl sites for hydroxylation is 1. The summed E-state index contributed by atoms with van der Waals surface area (Å²) in [6.07, 6.45) is 2.04. The van der Waals surface area contributed by atoms with Crippen LogP contribution >= 0.6 is 0 Å². The van der Waals surface area contributed by atoms with E-state index in [1.807, 2.05) is 6.92 Å². The topological polar surface area (TPSA) is 30.5 Å². The van der Waals surface area contributed by atoms with Crippen molar-refractivity contribution in [1.82, 2.24) is 5.32 Å². The van der Waals surface area contributed by atoms with Gasteiger partial charge >= 0.3 is 0 Å². The Kier molecular flexibility index (Phi) is 4.87. The Labute approximate surface area is 138 Å². The Morgan fingerprint density at radius 1 is 1.04 bits per heavy atom. The third-order valence-electron chi connectivity index (χ3n) is 4.52. The van der Waals surface area contributed by atoms with Crippen molar-refractivity contribution in [3.8, 4) is 11.5 Å². The maximum absolute atomic E-state index is 5.65. The van der Waals surface area contributed by atoms with Crippen molar-refractivity contribution in [1.29, 1.82) is 0 Å². The number of hydrogen-bond donors (Lipinski definition) is 1. The Bertz CT molecular complexity index is 681. The fourth-order valence-corrected chi connectivity index (χ4v) is 3.37. The van der Waals surface area contributed by atoms with Crippen molar-refractivity contribution in [3.05, 3.63) is 58.7 Å². The zero-order valence-corrected chi connectivity index (χ0v) is 14.2. The molecule has 0 bridgehead atoms. The minimum atomic E-state index is 0.246. The molecule has 0 radical (unpaired) electrons. The van der Waals surface area contributed by atoms with Crippen LogP contribution in [0.3, 0.4) is 0 Å². The number of benzene rings is 2. The molecule has 1 unspecified atom stereocenters. The third kappa shape index (κ3) is 3.20. The minimum absolute atomic E-state index is 0.246. The molecule has 1 heterocycles. The fraction of sp³-hybridized carbons (Fsp3) is 0.400. The van der Waals surface area contributed by atoms with E-state index in [1.165, 1.54) is 22.3 Å². The number of rotatable bonds is 5. The van der Waals surface area contributed by atoms with E-state index in [0.717, 1.165) is 30.9 Å². The smallest absolute Gasteiger partial charge is 0.119 e. The summed E-state index contributed by atoms with van der Waals surface area (Å²) in [6, 6.07) is 13.1. The van der Waals surface area contributed by atoms with Gasteiger partial charge in [0.2, 0.25) is 0 Å². The summed E-state index contributed by atoms with van der Waals surface area (Å²) in [4.78, 5) is 0. The second-order valence-corrected chi connectivity index (χ2v) is 5.85. The molecule has 0 aliphatic carbocycles. The molecule has 0 saturated heterocycles. The fourth-order valence-electron chi connectivity index (χ4n) is 3.37. The van der Waals surface area contributed by atoms with Gasteiger partial charge in [-0.15, -0.1) is 0 Å². The molecule has 0 saturated carbocycles. The van der Waals surface area contributed by atoms with E-state index < -0.39 is 0 Å². The van der Waals surface area contributed by atoms with Crippen LogP contribution in [0, 0.1) is 0 Å². The van der Waals surface area contributed by atoms with Gasteiger partial charge in [-0.25, -0.2) is 0 Å². The Balaban J connectivity index is 2.00. The van der Waals surface area contributed by atoms with Crippen molar-refractivity contribution in [2.75, 3.05) is 20.3 Å². The standard InChI is InChI=1S/C20H25NO2/c1-4-14-12-17(23-5-2)7-9-18(14)20-19-8-6-16(22-3)13-15(19)10-11-21-20/h6-9,12-13,20-21H,4-5,10-11H2,1-3H3. The van der Waals surface area contributed by atoms with Gasteiger partial charge in [-0.2, -0.15) is 0 Å². The lowest BCUT2D eigenvalue weighted by Crippen LogP contribution is -2.31. The van der Waals surface area contributed by atoms with Crippen LogP contribution in [0.25, 0.3) is 0 Å². The van der Waals surface area contributed by atoms with Crippen LogP contribution in [0.1, 0.15) is 42.1 Å². The summed E-state index contributed by atoms with van der Waals surface area (Å²) >= 11 is 0. The van der Waals surface area contributed by atoms with Crippen LogP contribution in [0.2, 0.25) is 0 Å². The molecule has 1 aliphatic heterocycles. The van der Waals surface area contributed by atoms with E-state index in [0.29, 0.717) is 6.61 Å². The Morgan fingerprint density at radius 2 is 1.83 bits per heavy atom. The van der Waals surface area contributed by atoms with Crippen LogP contribution in [-0.4, -0.2) is 20.3 Å². The maximum Gasteiger partial charge on any atom is 0.119 e. The average molecular weight is 311 g/mol. The van der Waals surface area contributed by atoms with Crippen LogP contribution in [0.4, 0.5) is 0 Å². The molecule has 0 fully saturated rings. The number of nitrogens with one attached hydrogen (secondary N) is 1. The first kappa shape index (κ1) is 15.9. The number of fused-ring (bicyclic) bond motifs is 1.